The first-order valence-electron chi connectivity index (χ1n) is 6.55. The second-order valence-electron chi connectivity index (χ2n) is 4.95. The van der Waals surface area contributed by atoms with Gasteiger partial charge in [0.15, 0.2) is 5.78 Å². The molecule has 6 heteroatoms. The van der Waals surface area contributed by atoms with E-state index in [1.165, 1.54) is 18.2 Å². The van der Waals surface area contributed by atoms with Crippen molar-refractivity contribution in [2.75, 3.05) is 6.61 Å². The van der Waals surface area contributed by atoms with Crippen molar-refractivity contribution in [1.82, 2.24) is 0 Å². The van der Waals surface area contributed by atoms with Crippen LogP contribution in [0, 0.1) is 0 Å². The number of halogens is 3. The van der Waals surface area contributed by atoms with E-state index in [9.17, 15) is 23.1 Å². The Morgan fingerprint density at radius 1 is 1.05 bits per heavy atom. The first kappa shape index (κ1) is 15.1. The number of ketones is 1. The number of rotatable bonds is 2. The van der Waals surface area contributed by atoms with Crippen LogP contribution in [0.2, 0.25) is 0 Å². The molecular weight excluding hydrogens is 313 g/mol. The van der Waals surface area contributed by atoms with Gasteiger partial charge in [0.2, 0.25) is 0 Å². The molecule has 2 aromatic rings. The van der Waals surface area contributed by atoms with Crippen LogP contribution in [0.25, 0.3) is 0 Å². The highest BCUT2D eigenvalue weighted by Crippen LogP contribution is 2.41. The van der Waals surface area contributed by atoms with Crippen LogP contribution in [0.4, 0.5) is 13.2 Å². The van der Waals surface area contributed by atoms with E-state index in [2.05, 4.69) is 0 Å². The molecule has 22 heavy (non-hydrogen) atoms. The molecular formula is C16H11F3O2S. The molecule has 1 N–H and O–H groups in total. The lowest BCUT2D eigenvalue weighted by atomic mass is 9.78. The van der Waals surface area contributed by atoms with Crippen molar-refractivity contribution in [1.29, 1.82) is 0 Å². The average molecular weight is 324 g/mol. The summed E-state index contributed by atoms with van der Waals surface area (Å²) < 4.78 is 37.5. The Kier molecular flexibility index (Phi) is 3.74. The molecule has 0 fully saturated rings. The number of alkyl halides is 3. The van der Waals surface area contributed by atoms with Crippen molar-refractivity contribution >= 4 is 17.5 Å². The Labute approximate surface area is 129 Å². The molecule has 1 unspecified atom stereocenters. The fraction of sp³-hybridized carbons (Fsp3) is 0.188. The second kappa shape index (κ2) is 5.44. The van der Waals surface area contributed by atoms with E-state index in [1.54, 1.807) is 24.3 Å². The molecule has 0 spiro atoms. The number of carbonyl (C=O) groups excluding carboxylic acids is 1. The Bertz CT molecular complexity index is 740. The maximum atomic E-state index is 12.5. The van der Waals surface area contributed by atoms with Crippen LogP contribution >= 0.6 is 11.8 Å². The zero-order valence-corrected chi connectivity index (χ0v) is 12.0. The standard InChI is InChI=1S/C16H11F3O2S/c17-16(18,19)22-9-5-6-11-13(7-9)15(21)12-4-2-1-3-10(12)14(11)8-20/h1-7,14,20H,8H2. The lowest BCUT2D eigenvalue weighted by molar-refractivity contribution is -0.0328. The van der Waals surface area contributed by atoms with Crippen LogP contribution in [0.1, 0.15) is 33.0 Å². The Balaban J connectivity index is 2.11. The molecule has 2 nitrogen and oxygen atoms in total. The minimum atomic E-state index is -4.40. The van der Waals surface area contributed by atoms with E-state index in [-0.39, 0.29) is 34.6 Å². The van der Waals surface area contributed by atoms with Gasteiger partial charge >= 0.3 is 5.51 Å². The minimum Gasteiger partial charge on any atom is -0.395 e. The molecule has 0 saturated carbocycles. The molecule has 0 aliphatic heterocycles. The smallest absolute Gasteiger partial charge is 0.395 e. The van der Waals surface area contributed by atoms with E-state index < -0.39 is 11.4 Å². The van der Waals surface area contributed by atoms with E-state index >= 15 is 0 Å². The van der Waals surface area contributed by atoms with Gasteiger partial charge in [-0.25, -0.2) is 0 Å². The molecule has 114 valence electrons. The molecule has 1 atom stereocenters. The molecule has 0 bridgehead atoms. The molecule has 0 aromatic heterocycles. The minimum absolute atomic E-state index is 0.0318. The molecule has 1 aliphatic carbocycles. The molecule has 0 amide bonds. The first-order chi connectivity index (χ1) is 10.4. The summed E-state index contributed by atoms with van der Waals surface area (Å²) in [5, 5.41) is 9.63. The summed E-state index contributed by atoms with van der Waals surface area (Å²) in [6, 6.07) is 11.0. The number of benzene rings is 2. The van der Waals surface area contributed by atoms with E-state index in [1.807, 2.05) is 0 Å². The van der Waals surface area contributed by atoms with E-state index in [0.717, 1.165) is 0 Å². The zero-order valence-electron chi connectivity index (χ0n) is 11.2. The number of aliphatic hydroxyl groups is 1. The van der Waals surface area contributed by atoms with Gasteiger partial charge < -0.3 is 5.11 Å². The van der Waals surface area contributed by atoms with Crippen molar-refractivity contribution in [3.05, 3.63) is 64.7 Å². The van der Waals surface area contributed by atoms with Crippen molar-refractivity contribution < 1.29 is 23.1 Å². The predicted molar refractivity (Wildman–Crippen MR) is 77.2 cm³/mol. The molecule has 0 saturated heterocycles. The molecule has 2 aromatic carbocycles. The van der Waals surface area contributed by atoms with Gasteiger partial charge in [-0.3, -0.25) is 4.79 Å². The van der Waals surface area contributed by atoms with Gasteiger partial charge in [-0.1, -0.05) is 30.3 Å². The van der Waals surface area contributed by atoms with Crippen LogP contribution in [-0.2, 0) is 0 Å². The highest BCUT2D eigenvalue weighted by atomic mass is 32.2. The summed E-state index contributed by atoms with van der Waals surface area (Å²) in [5.74, 6) is -0.700. The van der Waals surface area contributed by atoms with Gasteiger partial charge in [-0.2, -0.15) is 13.2 Å². The van der Waals surface area contributed by atoms with Crippen LogP contribution in [0.15, 0.2) is 47.4 Å². The highest BCUT2D eigenvalue weighted by Gasteiger charge is 2.33. The summed E-state index contributed by atoms with van der Waals surface area (Å²) in [6.45, 7) is -0.205. The van der Waals surface area contributed by atoms with Gasteiger partial charge in [-0.15, -0.1) is 0 Å². The average Bonchev–Trinajstić information content (AvgIpc) is 2.47. The second-order valence-corrected chi connectivity index (χ2v) is 6.09. The largest absolute Gasteiger partial charge is 0.446 e. The van der Waals surface area contributed by atoms with Gasteiger partial charge in [0, 0.05) is 21.9 Å². The fourth-order valence-electron chi connectivity index (χ4n) is 2.75. The summed E-state index contributed by atoms with van der Waals surface area (Å²) in [7, 11) is 0. The van der Waals surface area contributed by atoms with Gasteiger partial charge in [0.25, 0.3) is 0 Å². The molecule has 0 radical (unpaired) electrons. The lowest BCUT2D eigenvalue weighted by Gasteiger charge is -2.26. The van der Waals surface area contributed by atoms with Crippen molar-refractivity contribution in [2.24, 2.45) is 0 Å². The third-order valence-electron chi connectivity index (χ3n) is 3.64. The van der Waals surface area contributed by atoms with E-state index in [0.29, 0.717) is 16.7 Å². The number of hydrogen-bond donors (Lipinski definition) is 1. The summed E-state index contributed by atoms with van der Waals surface area (Å²) in [5.41, 5.74) is -2.47. The Morgan fingerprint density at radius 3 is 2.41 bits per heavy atom. The first-order valence-corrected chi connectivity index (χ1v) is 7.36. The topological polar surface area (TPSA) is 37.3 Å². The maximum Gasteiger partial charge on any atom is 0.446 e. The Hall–Kier alpha value is -1.79. The summed E-state index contributed by atoms with van der Waals surface area (Å²) in [6.07, 6.45) is 0. The van der Waals surface area contributed by atoms with Crippen LogP contribution < -0.4 is 0 Å². The maximum absolute atomic E-state index is 12.5. The summed E-state index contributed by atoms with van der Waals surface area (Å²) >= 11 is -0.249. The number of fused-ring (bicyclic) bond motifs is 2. The quantitative estimate of drug-likeness (QED) is 0.850. The van der Waals surface area contributed by atoms with E-state index in [4.69, 9.17) is 0 Å². The number of thioether (sulfide) groups is 1. The number of hydrogen-bond acceptors (Lipinski definition) is 3. The third kappa shape index (κ3) is 2.64. The lowest BCUT2D eigenvalue weighted by Crippen LogP contribution is -2.21. The van der Waals surface area contributed by atoms with Crippen molar-refractivity contribution in [3.63, 3.8) is 0 Å². The van der Waals surface area contributed by atoms with Gasteiger partial charge in [0.1, 0.15) is 0 Å². The number of carbonyl (C=O) groups is 1. The van der Waals surface area contributed by atoms with Gasteiger partial charge in [-0.05, 0) is 35.0 Å². The van der Waals surface area contributed by atoms with Crippen molar-refractivity contribution in [3.8, 4) is 0 Å². The van der Waals surface area contributed by atoms with Crippen LogP contribution in [-0.4, -0.2) is 23.0 Å². The molecule has 0 heterocycles. The van der Waals surface area contributed by atoms with Crippen LogP contribution in [0.3, 0.4) is 0 Å². The number of aliphatic hydroxyl groups excluding tert-OH is 1. The SMILES string of the molecule is O=C1c2ccccc2C(CO)c2ccc(SC(F)(F)F)cc21. The third-order valence-corrected chi connectivity index (χ3v) is 4.36. The Morgan fingerprint density at radius 2 is 1.73 bits per heavy atom. The van der Waals surface area contributed by atoms with Crippen molar-refractivity contribution in [2.45, 2.75) is 16.3 Å². The van der Waals surface area contributed by atoms with Gasteiger partial charge in [0.05, 0.1) is 6.61 Å². The zero-order chi connectivity index (χ0) is 15.9. The molecule has 1 aliphatic rings. The predicted octanol–water partition coefficient (Wildman–Crippen LogP) is 3.97. The monoisotopic (exact) mass is 324 g/mol. The fourth-order valence-corrected chi connectivity index (χ4v) is 3.33. The van der Waals surface area contributed by atoms with Crippen LogP contribution in [0.5, 0.6) is 0 Å². The normalized spacial score (nSPS) is 17.1. The highest BCUT2D eigenvalue weighted by molar-refractivity contribution is 8.00. The summed E-state index contributed by atoms with van der Waals surface area (Å²) in [4.78, 5) is 12.5. The molecule has 3 rings (SSSR count).